The maximum absolute atomic E-state index is 12.3. The van der Waals surface area contributed by atoms with E-state index in [1.54, 1.807) is 30.3 Å². The van der Waals surface area contributed by atoms with Gasteiger partial charge in [-0.1, -0.05) is 24.6 Å². The first kappa shape index (κ1) is 18.9. The Balaban J connectivity index is 2.03. The number of amides is 1. The van der Waals surface area contributed by atoms with Gasteiger partial charge in [-0.25, -0.2) is 13.1 Å². The minimum Gasteiger partial charge on any atom is -0.311 e. The molecule has 1 N–H and O–H groups in total. The van der Waals surface area contributed by atoms with E-state index < -0.39 is 10.0 Å². The summed E-state index contributed by atoms with van der Waals surface area (Å²) in [5, 5.41) is 0.519. The van der Waals surface area contributed by atoms with Gasteiger partial charge in [-0.05, 0) is 36.8 Å². The average molecular weight is 387 g/mol. The number of rotatable bonds is 7. The summed E-state index contributed by atoms with van der Waals surface area (Å²) in [4.78, 5) is 14.3. The summed E-state index contributed by atoms with van der Waals surface area (Å²) in [7, 11) is -3.56. The number of sulfonamides is 1. The molecule has 0 aliphatic heterocycles. The lowest BCUT2D eigenvalue weighted by Crippen LogP contribution is -2.37. The molecular weight excluding hydrogens is 368 g/mol. The summed E-state index contributed by atoms with van der Waals surface area (Å²) in [6.45, 7) is 3.75. The second-order valence-electron chi connectivity index (χ2n) is 5.12. The van der Waals surface area contributed by atoms with Crippen molar-refractivity contribution < 1.29 is 13.2 Å². The Morgan fingerprint density at radius 3 is 2.62 bits per heavy atom. The number of nitrogens with one attached hydrogen (secondary N) is 1. The summed E-state index contributed by atoms with van der Waals surface area (Å²) >= 11 is 7.20. The predicted octanol–water partition coefficient (Wildman–Crippen LogP) is 3.30. The van der Waals surface area contributed by atoms with Crippen LogP contribution in [0.25, 0.3) is 0 Å². The number of nitrogens with zero attached hydrogens (tertiary/aromatic N) is 1. The molecule has 1 aromatic heterocycles. The maximum Gasteiger partial charge on any atom is 0.250 e. The number of carbonyl (C=O) groups is 1. The molecule has 1 amide bonds. The molecule has 0 radical (unpaired) electrons. The molecule has 0 aliphatic rings. The number of carbonyl (C=O) groups excluding carboxylic acids is 1. The highest BCUT2D eigenvalue weighted by molar-refractivity contribution is 7.91. The number of anilines is 1. The van der Waals surface area contributed by atoms with Crippen molar-refractivity contribution in [3.63, 3.8) is 0 Å². The van der Waals surface area contributed by atoms with E-state index in [9.17, 15) is 13.2 Å². The Kier molecular flexibility index (Phi) is 6.40. The minimum atomic E-state index is -3.56. The topological polar surface area (TPSA) is 66.5 Å². The highest BCUT2D eigenvalue weighted by atomic mass is 35.5. The van der Waals surface area contributed by atoms with Crippen LogP contribution in [0.1, 0.15) is 18.7 Å². The van der Waals surface area contributed by atoms with Gasteiger partial charge in [0.2, 0.25) is 15.9 Å². The van der Waals surface area contributed by atoms with E-state index in [1.807, 2.05) is 13.0 Å². The third kappa shape index (κ3) is 4.80. The summed E-state index contributed by atoms with van der Waals surface area (Å²) in [6, 6.07) is 10.3. The van der Waals surface area contributed by atoms with Crippen LogP contribution < -0.4 is 9.62 Å². The van der Waals surface area contributed by atoms with Crippen LogP contribution in [-0.2, 0) is 21.2 Å². The Hall–Kier alpha value is -1.41. The lowest BCUT2D eigenvalue weighted by atomic mass is 10.3. The van der Waals surface area contributed by atoms with E-state index >= 15 is 0 Å². The molecule has 130 valence electrons. The summed E-state index contributed by atoms with van der Waals surface area (Å²) < 4.78 is 27.4. The molecule has 0 bridgehead atoms. The molecule has 1 heterocycles. The number of hydrogen-bond donors (Lipinski definition) is 1. The van der Waals surface area contributed by atoms with Crippen LogP contribution in [0.2, 0.25) is 5.02 Å². The van der Waals surface area contributed by atoms with Gasteiger partial charge in [0.25, 0.3) is 0 Å². The van der Waals surface area contributed by atoms with E-state index in [0.717, 1.165) is 11.3 Å². The van der Waals surface area contributed by atoms with Crippen molar-refractivity contribution >= 4 is 44.6 Å². The van der Waals surface area contributed by atoms with E-state index in [2.05, 4.69) is 4.72 Å². The highest BCUT2D eigenvalue weighted by Gasteiger charge is 2.18. The number of hydrogen-bond acceptors (Lipinski definition) is 4. The SMILES string of the molecule is CCc1ccc(S(=O)(=O)NCCN(C(C)=O)c2cccc(Cl)c2)s1. The Bertz CT molecular complexity index is 818. The van der Waals surface area contributed by atoms with Crippen LogP contribution in [0.3, 0.4) is 0 Å². The van der Waals surface area contributed by atoms with Crippen molar-refractivity contribution in [1.29, 1.82) is 0 Å². The Labute approximate surface area is 151 Å². The van der Waals surface area contributed by atoms with E-state index in [-0.39, 0.29) is 23.2 Å². The molecule has 1 aromatic carbocycles. The molecule has 8 heteroatoms. The standard InChI is InChI=1S/C16H19ClN2O3S2/c1-3-15-7-8-16(23-15)24(21,22)18-9-10-19(12(2)20)14-6-4-5-13(17)11-14/h4-8,11,18H,3,9-10H2,1-2H3. The van der Waals surface area contributed by atoms with Crippen LogP contribution in [0.5, 0.6) is 0 Å². The van der Waals surface area contributed by atoms with Crippen LogP contribution in [0.15, 0.2) is 40.6 Å². The lowest BCUT2D eigenvalue weighted by molar-refractivity contribution is -0.116. The van der Waals surface area contributed by atoms with Gasteiger partial charge in [-0.15, -0.1) is 11.3 Å². The van der Waals surface area contributed by atoms with Gasteiger partial charge < -0.3 is 4.90 Å². The van der Waals surface area contributed by atoms with E-state index in [0.29, 0.717) is 10.7 Å². The molecule has 0 unspecified atom stereocenters. The van der Waals surface area contributed by atoms with Crippen molar-refractivity contribution in [1.82, 2.24) is 4.72 Å². The first-order valence-corrected chi connectivity index (χ1v) is 10.1. The average Bonchev–Trinajstić information content (AvgIpc) is 3.01. The molecule has 5 nitrogen and oxygen atoms in total. The lowest BCUT2D eigenvalue weighted by Gasteiger charge is -2.21. The van der Waals surface area contributed by atoms with Gasteiger partial charge in [0, 0.05) is 35.6 Å². The molecule has 2 rings (SSSR count). The van der Waals surface area contributed by atoms with Gasteiger partial charge in [-0.3, -0.25) is 4.79 Å². The third-order valence-electron chi connectivity index (χ3n) is 3.38. The fourth-order valence-corrected chi connectivity index (χ4v) is 4.71. The molecular formula is C16H19ClN2O3S2. The van der Waals surface area contributed by atoms with Crippen molar-refractivity contribution in [3.05, 3.63) is 46.3 Å². The van der Waals surface area contributed by atoms with Crippen LogP contribution in [0.4, 0.5) is 5.69 Å². The van der Waals surface area contributed by atoms with Gasteiger partial charge in [0.15, 0.2) is 0 Å². The van der Waals surface area contributed by atoms with Gasteiger partial charge in [0.05, 0.1) is 0 Å². The summed E-state index contributed by atoms with van der Waals surface area (Å²) in [5.74, 6) is -0.180. The van der Waals surface area contributed by atoms with E-state index in [1.165, 1.54) is 23.2 Å². The normalized spacial score (nSPS) is 11.5. The fraction of sp³-hybridized carbons (Fsp3) is 0.312. The van der Waals surface area contributed by atoms with Crippen LogP contribution in [0, 0.1) is 0 Å². The second kappa shape index (κ2) is 8.11. The zero-order valence-electron chi connectivity index (χ0n) is 13.5. The zero-order valence-corrected chi connectivity index (χ0v) is 15.8. The maximum atomic E-state index is 12.3. The number of halogens is 1. The molecule has 0 saturated heterocycles. The smallest absolute Gasteiger partial charge is 0.250 e. The number of benzene rings is 1. The first-order chi connectivity index (χ1) is 11.3. The molecule has 0 spiro atoms. The molecule has 0 aliphatic carbocycles. The van der Waals surface area contributed by atoms with Crippen molar-refractivity contribution in [2.24, 2.45) is 0 Å². The molecule has 2 aromatic rings. The molecule has 24 heavy (non-hydrogen) atoms. The second-order valence-corrected chi connectivity index (χ2v) is 8.72. The van der Waals surface area contributed by atoms with E-state index in [4.69, 9.17) is 11.6 Å². The first-order valence-electron chi connectivity index (χ1n) is 7.45. The molecule has 0 fully saturated rings. The third-order valence-corrected chi connectivity index (χ3v) is 6.80. The van der Waals surface area contributed by atoms with Crippen molar-refractivity contribution in [3.8, 4) is 0 Å². The summed E-state index contributed by atoms with van der Waals surface area (Å²) in [5.41, 5.74) is 0.638. The van der Waals surface area contributed by atoms with Gasteiger partial charge in [0.1, 0.15) is 4.21 Å². The Morgan fingerprint density at radius 1 is 1.29 bits per heavy atom. The fourth-order valence-electron chi connectivity index (χ4n) is 2.17. The molecule has 0 saturated carbocycles. The van der Waals surface area contributed by atoms with Crippen LogP contribution >= 0.6 is 22.9 Å². The van der Waals surface area contributed by atoms with Crippen LogP contribution in [-0.4, -0.2) is 27.4 Å². The molecule has 0 atom stereocenters. The monoisotopic (exact) mass is 386 g/mol. The summed E-state index contributed by atoms with van der Waals surface area (Å²) in [6.07, 6.45) is 0.799. The predicted molar refractivity (Wildman–Crippen MR) is 98.4 cm³/mol. The van der Waals surface area contributed by atoms with Gasteiger partial charge in [-0.2, -0.15) is 0 Å². The largest absolute Gasteiger partial charge is 0.311 e. The number of thiophene rings is 1. The minimum absolute atomic E-state index is 0.119. The Morgan fingerprint density at radius 2 is 2.04 bits per heavy atom. The van der Waals surface area contributed by atoms with Crippen molar-refractivity contribution in [2.45, 2.75) is 24.5 Å². The van der Waals surface area contributed by atoms with Crippen molar-refractivity contribution in [2.75, 3.05) is 18.0 Å². The quantitative estimate of drug-likeness (QED) is 0.793. The zero-order chi connectivity index (χ0) is 17.7. The van der Waals surface area contributed by atoms with Gasteiger partial charge >= 0.3 is 0 Å². The highest BCUT2D eigenvalue weighted by Crippen LogP contribution is 2.22. The number of aryl methyl sites for hydroxylation is 1.